The van der Waals surface area contributed by atoms with Crippen LogP contribution in [0.15, 0.2) is 58.4 Å². The molecule has 0 bridgehead atoms. The zero-order valence-electron chi connectivity index (χ0n) is 20.9. The molecule has 3 heterocycles. The van der Waals surface area contributed by atoms with Crippen LogP contribution in [0.2, 0.25) is 0 Å². The summed E-state index contributed by atoms with van der Waals surface area (Å²) in [5.41, 5.74) is 1.77. The van der Waals surface area contributed by atoms with Crippen LogP contribution in [0.4, 0.5) is 0 Å². The standard InChI is InChI=1S/C27H28N4O5/c1-6-36-27(34)21-14-20-23(28-22-17(4)8-7-13-30(22)26(20)33)31(15-16(2)3)24(21)29-25(32)18-9-11-19(35-5)12-10-18/h7-14,16H,6,15H2,1-5H3. The maximum atomic E-state index is 13.5. The molecule has 0 aliphatic carbocycles. The van der Waals surface area contributed by atoms with Crippen molar-refractivity contribution in [3.05, 3.63) is 81.2 Å². The minimum absolute atomic E-state index is 0.0263. The van der Waals surface area contributed by atoms with Crippen LogP contribution in [0.1, 0.15) is 47.1 Å². The number of methoxy groups -OCH3 is 1. The quantitative estimate of drug-likeness (QED) is 0.304. The van der Waals surface area contributed by atoms with Gasteiger partial charge in [-0.3, -0.25) is 14.0 Å². The van der Waals surface area contributed by atoms with Crippen LogP contribution in [-0.4, -0.2) is 39.5 Å². The third-order valence-corrected chi connectivity index (χ3v) is 5.69. The number of carbonyl (C=O) groups is 2. The van der Waals surface area contributed by atoms with E-state index in [0.29, 0.717) is 29.2 Å². The van der Waals surface area contributed by atoms with Gasteiger partial charge < -0.3 is 14.0 Å². The first-order valence-electron chi connectivity index (χ1n) is 11.7. The van der Waals surface area contributed by atoms with E-state index < -0.39 is 11.9 Å². The lowest BCUT2D eigenvalue weighted by Gasteiger charge is -2.17. The van der Waals surface area contributed by atoms with E-state index in [4.69, 9.17) is 14.5 Å². The highest BCUT2D eigenvalue weighted by molar-refractivity contribution is 5.97. The molecule has 0 unspecified atom stereocenters. The van der Waals surface area contributed by atoms with Crippen LogP contribution in [0.5, 0.6) is 5.75 Å². The Morgan fingerprint density at radius 1 is 1.11 bits per heavy atom. The number of esters is 1. The average Bonchev–Trinajstić information content (AvgIpc) is 2.86. The highest BCUT2D eigenvalue weighted by Crippen LogP contribution is 2.16. The highest BCUT2D eigenvalue weighted by atomic mass is 16.5. The van der Waals surface area contributed by atoms with Crippen molar-refractivity contribution in [1.29, 1.82) is 0 Å². The molecule has 0 saturated heterocycles. The largest absolute Gasteiger partial charge is 0.497 e. The van der Waals surface area contributed by atoms with Gasteiger partial charge in [-0.2, -0.15) is 4.99 Å². The van der Waals surface area contributed by atoms with E-state index in [1.165, 1.54) is 17.6 Å². The predicted octanol–water partition coefficient (Wildman–Crippen LogP) is 3.54. The lowest BCUT2D eigenvalue weighted by Crippen LogP contribution is -2.34. The van der Waals surface area contributed by atoms with Gasteiger partial charge in [0.25, 0.3) is 11.5 Å². The zero-order chi connectivity index (χ0) is 26.0. The topological polar surface area (TPSA) is 104 Å². The zero-order valence-corrected chi connectivity index (χ0v) is 20.9. The van der Waals surface area contributed by atoms with Crippen molar-refractivity contribution in [2.45, 2.75) is 34.2 Å². The summed E-state index contributed by atoms with van der Waals surface area (Å²) < 4.78 is 13.6. The Kier molecular flexibility index (Phi) is 7.00. The van der Waals surface area contributed by atoms with Gasteiger partial charge in [-0.05, 0) is 61.7 Å². The summed E-state index contributed by atoms with van der Waals surface area (Å²) in [6, 6.07) is 11.6. The molecule has 4 rings (SSSR count). The number of amides is 1. The summed E-state index contributed by atoms with van der Waals surface area (Å²) in [6.07, 6.45) is 1.64. The van der Waals surface area contributed by atoms with Crippen LogP contribution >= 0.6 is 0 Å². The Labute approximate surface area is 207 Å². The molecule has 0 aliphatic rings. The maximum absolute atomic E-state index is 13.5. The Balaban J connectivity index is 2.12. The number of nitrogens with zero attached hydrogens (tertiary/aromatic N) is 4. The number of fused-ring (bicyclic) bond motifs is 2. The van der Waals surface area contributed by atoms with E-state index in [1.54, 1.807) is 48.0 Å². The summed E-state index contributed by atoms with van der Waals surface area (Å²) in [5, 5.41) is 0.234. The maximum Gasteiger partial charge on any atom is 0.341 e. The first-order chi connectivity index (χ1) is 17.2. The number of aryl methyl sites for hydroxylation is 1. The van der Waals surface area contributed by atoms with Crippen molar-refractivity contribution in [2.24, 2.45) is 10.9 Å². The first-order valence-corrected chi connectivity index (χ1v) is 11.7. The Morgan fingerprint density at radius 2 is 1.83 bits per heavy atom. The molecule has 3 aromatic heterocycles. The van der Waals surface area contributed by atoms with Crippen molar-refractivity contribution < 1.29 is 19.1 Å². The van der Waals surface area contributed by atoms with Gasteiger partial charge in [-0.15, -0.1) is 0 Å². The molecule has 0 atom stereocenters. The SMILES string of the molecule is CCOC(=O)c1cc2c(=O)n3cccc(C)c3nc2n(CC(C)C)c1=NC(=O)c1ccc(OC)cc1. The van der Waals surface area contributed by atoms with Gasteiger partial charge in [0.15, 0.2) is 5.49 Å². The lowest BCUT2D eigenvalue weighted by atomic mass is 10.1. The van der Waals surface area contributed by atoms with Gasteiger partial charge in [0.05, 0.1) is 19.1 Å². The molecule has 9 heteroatoms. The van der Waals surface area contributed by atoms with Crippen LogP contribution in [0.25, 0.3) is 16.7 Å². The third kappa shape index (κ3) is 4.64. The fourth-order valence-electron chi connectivity index (χ4n) is 4.00. The highest BCUT2D eigenvalue weighted by Gasteiger charge is 2.21. The number of rotatable bonds is 6. The lowest BCUT2D eigenvalue weighted by molar-refractivity contribution is 0.0523. The van der Waals surface area contributed by atoms with E-state index in [0.717, 1.165) is 5.56 Å². The number of hydrogen-bond donors (Lipinski definition) is 0. The van der Waals surface area contributed by atoms with Crippen molar-refractivity contribution in [2.75, 3.05) is 13.7 Å². The second kappa shape index (κ2) is 10.2. The van der Waals surface area contributed by atoms with Gasteiger partial charge in [-0.1, -0.05) is 19.9 Å². The van der Waals surface area contributed by atoms with E-state index in [2.05, 4.69) is 4.99 Å². The van der Waals surface area contributed by atoms with Crippen molar-refractivity contribution in [3.63, 3.8) is 0 Å². The van der Waals surface area contributed by atoms with Gasteiger partial charge in [0.1, 0.15) is 22.6 Å². The normalized spacial score (nSPS) is 11.9. The average molecular weight is 489 g/mol. The fourth-order valence-corrected chi connectivity index (χ4v) is 4.00. The van der Waals surface area contributed by atoms with Crippen molar-refractivity contribution >= 4 is 28.6 Å². The minimum Gasteiger partial charge on any atom is -0.497 e. The predicted molar refractivity (Wildman–Crippen MR) is 135 cm³/mol. The third-order valence-electron chi connectivity index (χ3n) is 5.69. The Morgan fingerprint density at radius 3 is 2.47 bits per heavy atom. The molecule has 0 N–H and O–H groups in total. The molecule has 0 radical (unpaired) electrons. The first kappa shape index (κ1) is 24.8. The fraction of sp³-hybridized carbons (Fsp3) is 0.296. The van der Waals surface area contributed by atoms with Gasteiger partial charge in [0, 0.05) is 18.3 Å². The number of benzene rings is 1. The molecular formula is C27H28N4O5. The van der Waals surface area contributed by atoms with Gasteiger partial charge >= 0.3 is 5.97 Å². The summed E-state index contributed by atoms with van der Waals surface area (Å²) in [5.74, 6) is -0.523. The van der Waals surface area contributed by atoms with E-state index in [1.807, 2.05) is 26.8 Å². The second-order valence-electron chi connectivity index (χ2n) is 8.79. The van der Waals surface area contributed by atoms with Crippen LogP contribution < -0.4 is 15.8 Å². The molecule has 4 aromatic rings. The summed E-state index contributed by atoms with van der Waals surface area (Å²) in [7, 11) is 1.54. The summed E-state index contributed by atoms with van der Waals surface area (Å²) >= 11 is 0. The van der Waals surface area contributed by atoms with Crippen LogP contribution in [-0.2, 0) is 11.3 Å². The van der Waals surface area contributed by atoms with Gasteiger partial charge in [-0.25, -0.2) is 9.78 Å². The number of aromatic nitrogens is 3. The smallest absolute Gasteiger partial charge is 0.341 e. The number of carbonyl (C=O) groups excluding carboxylic acids is 2. The number of hydrogen-bond acceptors (Lipinski definition) is 6. The van der Waals surface area contributed by atoms with Crippen LogP contribution in [0, 0.1) is 12.8 Å². The van der Waals surface area contributed by atoms with Crippen LogP contribution in [0.3, 0.4) is 0 Å². The molecule has 0 spiro atoms. The molecule has 1 aromatic carbocycles. The van der Waals surface area contributed by atoms with Crippen molar-refractivity contribution in [3.8, 4) is 5.75 Å². The molecule has 1 amide bonds. The summed E-state index contributed by atoms with van der Waals surface area (Å²) in [4.78, 5) is 48.8. The van der Waals surface area contributed by atoms with Crippen molar-refractivity contribution in [1.82, 2.24) is 14.0 Å². The van der Waals surface area contributed by atoms with E-state index in [9.17, 15) is 14.4 Å². The Bertz CT molecular complexity index is 1600. The molecule has 186 valence electrons. The monoisotopic (exact) mass is 488 g/mol. The number of pyridine rings is 2. The second-order valence-corrected chi connectivity index (χ2v) is 8.79. The molecule has 0 fully saturated rings. The Hall–Kier alpha value is -4.27. The summed E-state index contributed by atoms with van der Waals surface area (Å²) in [6.45, 7) is 8.03. The molecular weight excluding hydrogens is 460 g/mol. The molecule has 9 nitrogen and oxygen atoms in total. The molecule has 0 aliphatic heterocycles. The van der Waals surface area contributed by atoms with E-state index in [-0.39, 0.29) is 34.5 Å². The van der Waals surface area contributed by atoms with Gasteiger partial charge in [0.2, 0.25) is 0 Å². The minimum atomic E-state index is -0.674. The number of ether oxygens (including phenoxy) is 2. The molecule has 0 saturated carbocycles. The molecule has 36 heavy (non-hydrogen) atoms. The van der Waals surface area contributed by atoms with E-state index >= 15 is 0 Å².